The number of aliphatic hydroxyl groups is 1. The number of rotatable bonds is 3. The van der Waals surface area contributed by atoms with Crippen molar-refractivity contribution in [3.05, 3.63) is 12.2 Å². The molecule has 0 aromatic carbocycles. The highest BCUT2D eigenvalue weighted by atomic mass is 16.5. The van der Waals surface area contributed by atoms with Crippen LogP contribution in [-0.4, -0.2) is 23.8 Å². The van der Waals surface area contributed by atoms with E-state index in [0.717, 1.165) is 24.7 Å². The second kappa shape index (κ2) is 4.09. The van der Waals surface area contributed by atoms with Gasteiger partial charge in [-0.3, -0.25) is 0 Å². The van der Waals surface area contributed by atoms with Gasteiger partial charge in [0.1, 0.15) is 0 Å². The molecule has 0 aromatic heterocycles. The lowest BCUT2D eigenvalue weighted by Gasteiger charge is -2.59. The van der Waals surface area contributed by atoms with Crippen molar-refractivity contribution in [2.75, 3.05) is 6.61 Å². The second-order valence-corrected chi connectivity index (χ2v) is 6.77. The Labute approximate surface area is 108 Å². The minimum Gasteiger partial charge on any atom is -0.462 e. The molecule has 0 spiro atoms. The smallest absolute Gasteiger partial charge is 0.333 e. The standard InChI is InChI=1S/C15H22O3/c1-9(2)14(17)18-8-15-6-10-3-11(7-15)5-12(4-10)13(15)16/h10-13,16H,1,3-8H2,2H3. The van der Waals surface area contributed by atoms with Gasteiger partial charge in [-0.05, 0) is 56.8 Å². The summed E-state index contributed by atoms with van der Waals surface area (Å²) in [5.74, 6) is 1.61. The van der Waals surface area contributed by atoms with Gasteiger partial charge in [0.15, 0.2) is 0 Å². The second-order valence-electron chi connectivity index (χ2n) is 6.77. The molecule has 4 fully saturated rings. The van der Waals surface area contributed by atoms with Gasteiger partial charge in [0.2, 0.25) is 0 Å². The summed E-state index contributed by atoms with van der Waals surface area (Å²) in [5.41, 5.74) is 0.286. The molecule has 4 aliphatic rings. The van der Waals surface area contributed by atoms with Crippen molar-refractivity contribution in [2.24, 2.45) is 23.2 Å². The summed E-state index contributed by atoms with van der Waals surface area (Å²) in [6.45, 7) is 5.65. The normalized spacial score (nSPS) is 45.0. The largest absolute Gasteiger partial charge is 0.462 e. The van der Waals surface area contributed by atoms with Gasteiger partial charge >= 0.3 is 5.97 Å². The number of carbonyl (C=O) groups is 1. The number of hydrogen-bond acceptors (Lipinski definition) is 3. The fraction of sp³-hybridized carbons (Fsp3) is 0.800. The zero-order valence-electron chi connectivity index (χ0n) is 11.0. The molecule has 100 valence electrons. The zero-order chi connectivity index (χ0) is 12.9. The Morgan fingerprint density at radius 3 is 2.50 bits per heavy atom. The van der Waals surface area contributed by atoms with Crippen LogP contribution < -0.4 is 0 Å². The predicted octanol–water partition coefficient (Wildman–Crippen LogP) is 2.29. The molecule has 3 heteroatoms. The minimum absolute atomic E-state index is 0.153. The van der Waals surface area contributed by atoms with Crippen LogP contribution in [0.3, 0.4) is 0 Å². The van der Waals surface area contributed by atoms with Crippen LogP contribution >= 0.6 is 0 Å². The van der Waals surface area contributed by atoms with Crippen molar-refractivity contribution in [1.29, 1.82) is 0 Å². The van der Waals surface area contributed by atoms with Crippen molar-refractivity contribution in [1.82, 2.24) is 0 Å². The van der Waals surface area contributed by atoms with Crippen LogP contribution in [-0.2, 0) is 9.53 Å². The maximum absolute atomic E-state index is 11.5. The first-order valence-electron chi connectivity index (χ1n) is 7.01. The molecule has 4 aliphatic carbocycles. The first-order valence-corrected chi connectivity index (χ1v) is 7.01. The van der Waals surface area contributed by atoms with Gasteiger partial charge in [0, 0.05) is 11.0 Å². The third-order valence-electron chi connectivity index (χ3n) is 5.24. The minimum atomic E-state index is -0.321. The number of hydrogen-bond donors (Lipinski definition) is 1. The van der Waals surface area contributed by atoms with Gasteiger partial charge in [-0.2, -0.15) is 0 Å². The third-order valence-corrected chi connectivity index (χ3v) is 5.24. The van der Waals surface area contributed by atoms with Gasteiger partial charge in [-0.1, -0.05) is 6.58 Å². The Hall–Kier alpha value is -0.830. The lowest BCUT2D eigenvalue weighted by Crippen LogP contribution is -2.57. The average molecular weight is 250 g/mol. The highest BCUT2D eigenvalue weighted by Gasteiger charge is 2.57. The van der Waals surface area contributed by atoms with Crippen LogP contribution in [0.15, 0.2) is 12.2 Å². The van der Waals surface area contributed by atoms with Crippen molar-refractivity contribution in [3.8, 4) is 0 Å². The molecular formula is C15H22O3. The molecule has 18 heavy (non-hydrogen) atoms. The monoisotopic (exact) mass is 250 g/mol. The van der Waals surface area contributed by atoms with Crippen molar-refractivity contribution < 1.29 is 14.6 Å². The van der Waals surface area contributed by atoms with Gasteiger partial charge in [0.25, 0.3) is 0 Å². The zero-order valence-corrected chi connectivity index (χ0v) is 11.0. The molecule has 0 amide bonds. The summed E-state index contributed by atoms with van der Waals surface area (Å²) < 4.78 is 5.36. The van der Waals surface area contributed by atoms with E-state index in [1.807, 2.05) is 0 Å². The lowest BCUT2D eigenvalue weighted by molar-refractivity contribution is -0.184. The fourth-order valence-corrected chi connectivity index (χ4v) is 4.72. The first kappa shape index (κ1) is 12.2. The Balaban J connectivity index is 1.73. The molecule has 0 saturated heterocycles. The fourth-order valence-electron chi connectivity index (χ4n) is 4.72. The molecule has 4 rings (SSSR count). The van der Waals surface area contributed by atoms with E-state index in [9.17, 15) is 9.90 Å². The highest BCUT2D eigenvalue weighted by Crippen LogP contribution is 2.60. The summed E-state index contributed by atoms with van der Waals surface area (Å²) >= 11 is 0. The van der Waals surface area contributed by atoms with Crippen LogP contribution in [0.1, 0.15) is 39.0 Å². The van der Waals surface area contributed by atoms with E-state index in [1.165, 1.54) is 19.3 Å². The van der Waals surface area contributed by atoms with Crippen LogP contribution in [0.4, 0.5) is 0 Å². The summed E-state index contributed by atoms with van der Waals surface area (Å²) in [6.07, 6.45) is 5.46. The quantitative estimate of drug-likeness (QED) is 0.617. The SMILES string of the molecule is C=C(C)C(=O)OCC12CC3CC(CC(C3)C1O)C2. The van der Waals surface area contributed by atoms with E-state index in [1.54, 1.807) is 6.92 Å². The van der Waals surface area contributed by atoms with Gasteiger partial charge in [-0.15, -0.1) is 0 Å². The molecule has 0 aliphatic heterocycles. The van der Waals surface area contributed by atoms with E-state index in [4.69, 9.17) is 4.74 Å². The summed E-state index contributed by atoms with van der Waals surface area (Å²) in [7, 11) is 0. The number of esters is 1. The Morgan fingerprint density at radius 2 is 1.94 bits per heavy atom. The maximum atomic E-state index is 11.5. The highest BCUT2D eigenvalue weighted by molar-refractivity contribution is 5.86. The summed E-state index contributed by atoms with van der Waals surface area (Å²) in [4.78, 5) is 11.5. The van der Waals surface area contributed by atoms with Crippen molar-refractivity contribution in [3.63, 3.8) is 0 Å². The molecule has 0 radical (unpaired) electrons. The number of aliphatic hydroxyl groups excluding tert-OH is 1. The van der Waals surface area contributed by atoms with E-state index in [-0.39, 0.29) is 17.5 Å². The molecule has 0 heterocycles. The Kier molecular flexibility index (Phi) is 2.77. The van der Waals surface area contributed by atoms with Gasteiger partial charge in [0.05, 0.1) is 12.7 Å². The molecule has 0 aromatic rings. The van der Waals surface area contributed by atoms with E-state index >= 15 is 0 Å². The molecule has 1 N–H and O–H groups in total. The molecule has 4 saturated carbocycles. The molecule has 4 bridgehead atoms. The summed E-state index contributed by atoms with van der Waals surface area (Å²) in [6, 6.07) is 0. The van der Waals surface area contributed by atoms with Crippen LogP contribution in [0.25, 0.3) is 0 Å². The topological polar surface area (TPSA) is 46.5 Å². The predicted molar refractivity (Wildman–Crippen MR) is 67.8 cm³/mol. The Bertz CT molecular complexity index is 373. The van der Waals surface area contributed by atoms with Gasteiger partial charge in [-0.25, -0.2) is 4.79 Å². The maximum Gasteiger partial charge on any atom is 0.333 e. The number of ether oxygens (including phenoxy) is 1. The summed E-state index contributed by atoms with van der Waals surface area (Å²) in [5, 5.41) is 10.5. The van der Waals surface area contributed by atoms with E-state index < -0.39 is 0 Å². The third kappa shape index (κ3) is 1.80. The average Bonchev–Trinajstić information content (AvgIpc) is 2.32. The van der Waals surface area contributed by atoms with Crippen LogP contribution in [0.5, 0.6) is 0 Å². The first-order chi connectivity index (χ1) is 8.50. The molecule has 3 atom stereocenters. The van der Waals surface area contributed by atoms with Crippen LogP contribution in [0, 0.1) is 23.2 Å². The number of carbonyl (C=O) groups excluding carboxylic acids is 1. The van der Waals surface area contributed by atoms with Gasteiger partial charge < -0.3 is 9.84 Å². The molecule has 3 nitrogen and oxygen atoms in total. The lowest BCUT2D eigenvalue weighted by atomic mass is 9.48. The van der Waals surface area contributed by atoms with E-state index in [2.05, 4.69) is 6.58 Å². The van der Waals surface area contributed by atoms with Crippen molar-refractivity contribution >= 4 is 5.97 Å². The molecule has 3 unspecified atom stereocenters. The van der Waals surface area contributed by atoms with E-state index in [0.29, 0.717) is 18.1 Å². The Morgan fingerprint density at radius 1 is 1.33 bits per heavy atom. The molecular weight excluding hydrogens is 228 g/mol. The van der Waals surface area contributed by atoms with Crippen molar-refractivity contribution in [2.45, 2.75) is 45.1 Å². The van der Waals surface area contributed by atoms with Crippen LogP contribution in [0.2, 0.25) is 0 Å².